The summed E-state index contributed by atoms with van der Waals surface area (Å²) in [6.45, 7) is 6.46. The van der Waals surface area contributed by atoms with E-state index in [-0.39, 0.29) is 31.5 Å². The summed E-state index contributed by atoms with van der Waals surface area (Å²) < 4.78 is 28.5. The zero-order chi connectivity index (χ0) is 24.1. The highest BCUT2D eigenvalue weighted by Gasteiger charge is 2.31. The van der Waals surface area contributed by atoms with Crippen molar-refractivity contribution < 1.29 is 8.42 Å². The number of anilines is 1. The molecule has 0 saturated heterocycles. The highest BCUT2D eigenvalue weighted by Crippen LogP contribution is 2.36. The molecule has 0 saturated carbocycles. The summed E-state index contributed by atoms with van der Waals surface area (Å²) in [5.74, 6) is -0.0266. The summed E-state index contributed by atoms with van der Waals surface area (Å²) in [6, 6.07) is 18.6. The van der Waals surface area contributed by atoms with Crippen LogP contribution in [0.4, 0.5) is 5.82 Å². The van der Waals surface area contributed by atoms with Gasteiger partial charge < -0.3 is 5.73 Å². The van der Waals surface area contributed by atoms with Gasteiger partial charge in [-0.25, -0.2) is 18.4 Å². The third kappa shape index (κ3) is 3.76. The van der Waals surface area contributed by atoms with Gasteiger partial charge in [-0.2, -0.15) is 9.78 Å². The first kappa shape index (κ1) is 22.2. The minimum absolute atomic E-state index is 0.0266. The van der Waals surface area contributed by atoms with Crippen LogP contribution in [0.1, 0.15) is 31.9 Å². The van der Waals surface area contributed by atoms with Gasteiger partial charge in [0.1, 0.15) is 20.4 Å². The fraction of sp³-hybridized carbons (Fsp3) is 0.160. The topological polar surface area (TPSA) is 103 Å². The van der Waals surface area contributed by atoms with Crippen LogP contribution in [0, 0.1) is 0 Å². The summed E-state index contributed by atoms with van der Waals surface area (Å²) in [7, 11) is -3.91. The molecule has 0 amide bonds. The second kappa shape index (κ2) is 8.03. The van der Waals surface area contributed by atoms with Gasteiger partial charge >= 0.3 is 0 Å². The van der Waals surface area contributed by atoms with Crippen LogP contribution in [0.5, 0.6) is 0 Å². The molecule has 0 fully saturated rings. The van der Waals surface area contributed by atoms with Gasteiger partial charge in [0.05, 0.1) is 17.2 Å². The van der Waals surface area contributed by atoms with Crippen molar-refractivity contribution in [2.75, 3.05) is 5.73 Å². The number of nitrogens with zero attached hydrogens (tertiary/aromatic N) is 4. The van der Waals surface area contributed by atoms with E-state index in [0.29, 0.717) is 11.0 Å². The molecule has 0 radical (unpaired) electrons. The molecule has 34 heavy (non-hydrogen) atoms. The van der Waals surface area contributed by atoms with Gasteiger partial charge in [-0.3, -0.25) is 0 Å². The van der Waals surface area contributed by atoms with Gasteiger partial charge in [-0.05, 0) is 40.1 Å². The van der Waals surface area contributed by atoms with Gasteiger partial charge in [0.15, 0.2) is 5.65 Å². The van der Waals surface area contributed by atoms with Crippen LogP contribution in [-0.4, -0.2) is 29.3 Å². The maximum atomic E-state index is 13.5. The molecule has 0 bridgehead atoms. The second-order valence-electron chi connectivity index (χ2n) is 8.96. The summed E-state index contributed by atoms with van der Waals surface area (Å²) >= 11 is 1.13. The molecule has 3 heterocycles. The molecule has 5 rings (SSSR count). The van der Waals surface area contributed by atoms with Gasteiger partial charge in [0.2, 0.25) is 9.84 Å². The molecule has 0 atom stereocenters. The third-order valence-corrected chi connectivity index (χ3v) is 8.77. The van der Waals surface area contributed by atoms with E-state index in [4.69, 9.17) is 5.73 Å². The first-order valence-electron chi connectivity index (χ1n) is 10.7. The molecule has 2 aromatic carbocycles. The molecule has 7 nitrogen and oxygen atoms in total. The van der Waals surface area contributed by atoms with E-state index in [1.807, 2.05) is 30.3 Å². The molecule has 9 heteroatoms. The molecular weight excluding hydrogens is 466 g/mol. The normalized spacial score (nSPS) is 12.8. The third-order valence-electron chi connectivity index (χ3n) is 5.56. The molecule has 5 aromatic rings. The molecule has 0 spiro atoms. The van der Waals surface area contributed by atoms with Crippen molar-refractivity contribution in [1.82, 2.24) is 14.6 Å². The lowest BCUT2D eigenvalue weighted by molar-refractivity contribution is 0.590. The Morgan fingerprint density at radius 3 is 2.26 bits per heavy atom. The van der Waals surface area contributed by atoms with Crippen molar-refractivity contribution in [3.05, 3.63) is 77.2 Å². The highest BCUT2D eigenvalue weighted by atomic mass is 32.2. The van der Waals surface area contributed by atoms with Crippen molar-refractivity contribution >= 4 is 55.4 Å². The zero-order valence-electron chi connectivity index (χ0n) is 18.9. The summed E-state index contributed by atoms with van der Waals surface area (Å²) in [5, 5.41) is 6.23. The lowest BCUT2D eigenvalue weighted by atomic mass is 9.87. The van der Waals surface area contributed by atoms with Crippen LogP contribution in [-0.2, 0) is 15.3 Å². The fourth-order valence-electron chi connectivity index (χ4n) is 3.71. The zero-order valence-corrected chi connectivity index (χ0v) is 20.6. The van der Waals surface area contributed by atoms with E-state index in [2.05, 4.69) is 48.0 Å². The standard InChI is InChI=1S/C25H23N5O2S2/c1-25(2,3)17-12-10-16(11-13-17)15-27-30-23(26)22(34(31,32)20-9-6-14-33-20)21-24(30)29-19-8-5-4-7-18(19)28-21/h4-15H,26H2,1-3H3/b27-15+. The number of para-hydroxylation sites is 2. The van der Waals surface area contributed by atoms with Crippen LogP contribution in [0.3, 0.4) is 0 Å². The minimum atomic E-state index is -3.91. The van der Waals surface area contributed by atoms with Gasteiger partial charge in [0.25, 0.3) is 0 Å². The number of hydrogen-bond acceptors (Lipinski definition) is 7. The Labute approximate surface area is 201 Å². The summed E-state index contributed by atoms with van der Waals surface area (Å²) in [5.41, 5.74) is 10.2. The quantitative estimate of drug-likeness (QED) is 0.348. The number of rotatable bonds is 4. The SMILES string of the molecule is CC(C)(C)c1ccc(/C=N/n2c(N)c(S(=O)(=O)c3cccs3)c3nc4ccccc4nc32)cc1. The Kier molecular flexibility index (Phi) is 5.26. The molecule has 0 aliphatic heterocycles. The minimum Gasteiger partial charge on any atom is -0.382 e. The Hall–Kier alpha value is -3.56. The number of sulfone groups is 1. The molecule has 0 aliphatic rings. The van der Waals surface area contributed by atoms with E-state index in [1.54, 1.807) is 29.8 Å². The number of nitrogen functional groups attached to an aromatic ring is 1. The fourth-order valence-corrected chi connectivity index (χ4v) is 6.30. The van der Waals surface area contributed by atoms with E-state index in [9.17, 15) is 8.42 Å². The Morgan fingerprint density at radius 1 is 0.971 bits per heavy atom. The lowest BCUT2D eigenvalue weighted by Crippen LogP contribution is -2.10. The number of hydrogen-bond donors (Lipinski definition) is 1. The van der Waals surface area contributed by atoms with Crippen LogP contribution >= 0.6 is 11.3 Å². The molecular formula is C25H23N5O2S2. The second-order valence-corrected chi connectivity index (χ2v) is 12.0. The lowest BCUT2D eigenvalue weighted by Gasteiger charge is -2.18. The Balaban J connectivity index is 1.71. The predicted molar refractivity (Wildman–Crippen MR) is 137 cm³/mol. The highest BCUT2D eigenvalue weighted by molar-refractivity contribution is 7.93. The summed E-state index contributed by atoms with van der Waals surface area (Å²) in [4.78, 5) is 9.20. The van der Waals surface area contributed by atoms with Crippen molar-refractivity contribution in [2.24, 2.45) is 5.10 Å². The van der Waals surface area contributed by atoms with Crippen molar-refractivity contribution in [3.63, 3.8) is 0 Å². The predicted octanol–water partition coefficient (Wildman–Crippen LogP) is 5.24. The largest absolute Gasteiger partial charge is 0.382 e. The van der Waals surface area contributed by atoms with Gasteiger partial charge in [0, 0.05) is 0 Å². The van der Waals surface area contributed by atoms with Crippen LogP contribution in [0.2, 0.25) is 0 Å². The van der Waals surface area contributed by atoms with Gasteiger partial charge in [-0.15, -0.1) is 11.3 Å². The molecule has 3 aromatic heterocycles. The molecule has 0 unspecified atom stereocenters. The number of nitrogens with two attached hydrogens (primary N) is 1. The van der Waals surface area contributed by atoms with Crippen molar-refractivity contribution in [1.29, 1.82) is 0 Å². The first-order valence-corrected chi connectivity index (χ1v) is 13.0. The Bertz CT molecular complexity index is 1640. The van der Waals surface area contributed by atoms with Gasteiger partial charge in [-0.1, -0.05) is 63.2 Å². The molecule has 172 valence electrons. The maximum Gasteiger partial charge on any atom is 0.221 e. The van der Waals surface area contributed by atoms with E-state index in [0.717, 1.165) is 16.9 Å². The first-order chi connectivity index (χ1) is 16.2. The number of aromatic nitrogens is 3. The number of thiophene rings is 1. The smallest absolute Gasteiger partial charge is 0.221 e. The van der Waals surface area contributed by atoms with E-state index >= 15 is 0 Å². The average molecular weight is 490 g/mol. The molecule has 0 aliphatic carbocycles. The maximum absolute atomic E-state index is 13.5. The monoisotopic (exact) mass is 489 g/mol. The van der Waals surface area contributed by atoms with E-state index in [1.165, 1.54) is 10.2 Å². The average Bonchev–Trinajstić information content (AvgIpc) is 3.43. The van der Waals surface area contributed by atoms with Crippen LogP contribution in [0.15, 0.2) is 80.2 Å². The van der Waals surface area contributed by atoms with Crippen molar-refractivity contribution in [2.45, 2.75) is 35.3 Å². The summed E-state index contributed by atoms with van der Waals surface area (Å²) in [6.07, 6.45) is 1.64. The van der Waals surface area contributed by atoms with Crippen LogP contribution < -0.4 is 5.73 Å². The number of benzene rings is 2. The van der Waals surface area contributed by atoms with Crippen molar-refractivity contribution in [3.8, 4) is 0 Å². The Morgan fingerprint density at radius 2 is 1.65 bits per heavy atom. The van der Waals surface area contributed by atoms with Crippen LogP contribution in [0.25, 0.3) is 22.2 Å². The molecule has 2 N–H and O–H groups in total. The van der Waals surface area contributed by atoms with E-state index < -0.39 is 9.84 Å². The number of fused-ring (bicyclic) bond motifs is 2.